The number of thiazole rings is 1. The summed E-state index contributed by atoms with van der Waals surface area (Å²) in [4.78, 5) is 7.29. The third-order valence-electron chi connectivity index (χ3n) is 4.54. The SMILES string of the molecule is OCC1CCN(Cc2csc(C3CCCCC3)n2)C1. The highest BCUT2D eigenvalue weighted by Gasteiger charge is 2.23. The van der Waals surface area contributed by atoms with Crippen molar-refractivity contribution >= 4 is 11.3 Å². The van der Waals surface area contributed by atoms with Crippen LogP contribution >= 0.6 is 11.3 Å². The Balaban J connectivity index is 1.56. The summed E-state index contributed by atoms with van der Waals surface area (Å²) in [6.45, 7) is 3.45. The Morgan fingerprint density at radius 3 is 2.84 bits per heavy atom. The molecular formula is C15H24N2OS. The summed E-state index contributed by atoms with van der Waals surface area (Å²) in [7, 11) is 0. The van der Waals surface area contributed by atoms with E-state index in [4.69, 9.17) is 4.98 Å². The minimum atomic E-state index is 0.334. The largest absolute Gasteiger partial charge is 0.396 e. The standard InChI is InChI=1S/C15H24N2OS/c18-10-12-6-7-17(8-12)9-14-11-19-15(16-14)13-4-2-1-3-5-13/h11-13,18H,1-10H2. The molecule has 4 heteroatoms. The van der Waals surface area contributed by atoms with Crippen molar-refractivity contribution in [1.29, 1.82) is 0 Å². The molecule has 1 aliphatic heterocycles. The normalized spacial score (nSPS) is 26.1. The molecule has 0 aromatic carbocycles. The van der Waals surface area contributed by atoms with Crippen LogP contribution in [0.5, 0.6) is 0 Å². The van der Waals surface area contributed by atoms with Gasteiger partial charge in [-0.15, -0.1) is 11.3 Å². The maximum Gasteiger partial charge on any atom is 0.0959 e. The fourth-order valence-corrected chi connectivity index (χ4v) is 4.35. The molecule has 0 radical (unpaired) electrons. The fourth-order valence-electron chi connectivity index (χ4n) is 3.37. The quantitative estimate of drug-likeness (QED) is 0.921. The van der Waals surface area contributed by atoms with Gasteiger partial charge < -0.3 is 5.11 Å². The maximum atomic E-state index is 9.18. The van der Waals surface area contributed by atoms with Gasteiger partial charge in [0.1, 0.15) is 0 Å². The van der Waals surface area contributed by atoms with Gasteiger partial charge in [0.2, 0.25) is 0 Å². The molecule has 1 unspecified atom stereocenters. The van der Waals surface area contributed by atoms with Crippen molar-refractivity contribution in [3.8, 4) is 0 Å². The summed E-state index contributed by atoms with van der Waals surface area (Å²) in [5.41, 5.74) is 1.24. The van der Waals surface area contributed by atoms with E-state index in [1.54, 1.807) is 0 Å². The molecule has 1 saturated heterocycles. The molecule has 1 aromatic rings. The molecule has 1 saturated carbocycles. The first-order valence-electron chi connectivity index (χ1n) is 7.62. The maximum absolute atomic E-state index is 9.18. The molecule has 1 aliphatic carbocycles. The van der Waals surface area contributed by atoms with Crippen molar-refractivity contribution in [2.75, 3.05) is 19.7 Å². The van der Waals surface area contributed by atoms with Gasteiger partial charge >= 0.3 is 0 Å². The van der Waals surface area contributed by atoms with Gasteiger partial charge in [0.25, 0.3) is 0 Å². The number of likely N-dealkylation sites (tertiary alicyclic amines) is 1. The van der Waals surface area contributed by atoms with Crippen LogP contribution in [-0.2, 0) is 6.54 Å². The highest BCUT2D eigenvalue weighted by Crippen LogP contribution is 2.34. The number of aromatic nitrogens is 1. The van der Waals surface area contributed by atoms with Crippen LogP contribution in [0.25, 0.3) is 0 Å². The minimum absolute atomic E-state index is 0.334. The molecule has 3 nitrogen and oxygen atoms in total. The topological polar surface area (TPSA) is 36.4 Å². The first-order chi connectivity index (χ1) is 9.35. The molecule has 3 rings (SSSR count). The third-order valence-corrected chi connectivity index (χ3v) is 5.59. The Bertz CT molecular complexity index is 401. The van der Waals surface area contributed by atoms with Gasteiger partial charge in [0, 0.05) is 31.0 Å². The average molecular weight is 280 g/mol. The lowest BCUT2D eigenvalue weighted by molar-refractivity contribution is 0.219. The summed E-state index contributed by atoms with van der Waals surface area (Å²) in [6, 6.07) is 0. The Hall–Kier alpha value is -0.450. The predicted octanol–water partition coefficient (Wildman–Crippen LogP) is 3.01. The summed E-state index contributed by atoms with van der Waals surface area (Å²) < 4.78 is 0. The second kappa shape index (κ2) is 6.33. The molecule has 2 fully saturated rings. The zero-order valence-electron chi connectivity index (χ0n) is 11.6. The monoisotopic (exact) mass is 280 g/mol. The molecular weight excluding hydrogens is 256 g/mol. The smallest absolute Gasteiger partial charge is 0.0959 e. The van der Waals surface area contributed by atoms with Gasteiger partial charge in [-0.05, 0) is 31.7 Å². The van der Waals surface area contributed by atoms with E-state index in [0.29, 0.717) is 12.5 Å². The van der Waals surface area contributed by atoms with Crippen LogP contribution in [0.3, 0.4) is 0 Å². The van der Waals surface area contributed by atoms with Crippen molar-refractivity contribution in [2.24, 2.45) is 5.92 Å². The molecule has 2 aliphatic rings. The first-order valence-corrected chi connectivity index (χ1v) is 8.50. The average Bonchev–Trinajstić information content (AvgIpc) is 3.09. The number of aliphatic hydroxyl groups is 1. The molecule has 0 bridgehead atoms. The zero-order chi connectivity index (χ0) is 13.1. The zero-order valence-corrected chi connectivity index (χ0v) is 12.4. The van der Waals surface area contributed by atoms with Crippen LogP contribution in [0.1, 0.15) is 55.1 Å². The predicted molar refractivity (Wildman–Crippen MR) is 78.4 cm³/mol. The summed E-state index contributed by atoms with van der Waals surface area (Å²) >= 11 is 1.86. The van der Waals surface area contributed by atoms with Crippen LogP contribution in [0.4, 0.5) is 0 Å². The Labute approximate surface area is 119 Å². The number of aliphatic hydroxyl groups excluding tert-OH is 1. The molecule has 2 heterocycles. The Morgan fingerprint density at radius 2 is 2.11 bits per heavy atom. The van der Waals surface area contributed by atoms with Gasteiger partial charge in [-0.1, -0.05) is 19.3 Å². The van der Waals surface area contributed by atoms with Gasteiger partial charge in [0.05, 0.1) is 10.7 Å². The number of hydrogen-bond donors (Lipinski definition) is 1. The number of nitrogens with zero attached hydrogens (tertiary/aromatic N) is 2. The second-order valence-corrected chi connectivity index (χ2v) is 6.97. The third kappa shape index (κ3) is 3.36. The lowest BCUT2D eigenvalue weighted by Gasteiger charge is -2.19. The van der Waals surface area contributed by atoms with Crippen molar-refractivity contribution < 1.29 is 5.11 Å². The van der Waals surface area contributed by atoms with Crippen LogP contribution < -0.4 is 0 Å². The van der Waals surface area contributed by atoms with Crippen LogP contribution in [0.15, 0.2) is 5.38 Å². The van der Waals surface area contributed by atoms with E-state index in [0.717, 1.165) is 32.0 Å². The van der Waals surface area contributed by atoms with Crippen molar-refractivity contribution in [2.45, 2.75) is 51.0 Å². The van der Waals surface area contributed by atoms with Gasteiger partial charge in [-0.3, -0.25) is 4.90 Å². The van der Waals surface area contributed by atoms with Gasteiger partial charge in [0.15, 0.2) is 0 Å². The minimum Gasteiger partial charge on any atom is -0.396 e. The van der Waals surface area contributed by atoms with Gasteiger partial charge in [-0.2, -0.15) is 0 Å². The van der Waals surface area contributed by atoms with E-state index in [9.17, 15) is 5.11 Å². The van der Waals surface area contributed by atoms with E-state index in [1.165, 1.54) is 42.8 Å². The molecule has 19 heavy (non-hydrogen) atoms. The highest BCUT2D eigenvalue weighted by molar-refractivity contribution is 7.09. The van der Waals surface area contributed by atoms with Crippen LogP contribution in [0.2, 0.25) is 0 Å². The first kappa shape index (κ1) is 13.5. The summed E-state index contributed by atoms with van der Waals surface area (Å²) in [5.74, 6) is 1.22. The molecule has 1 aromatic heterocycles. The fraction of sp³-hybridized carbons (Fsp3) is 0.800. The van der Waals surface area contributed by atoms with E-state index < -0.39 is 0 Å². The summed E-state index contributed by atoms with van der Waals surface area (Å²) in [5, 5.41) is 12.8. The van der Waals surface area contributed by atoms with E-state index in [1.807, 2.05) is 11.3 Å². The molecule has 0 amide bonds. The van der Waals surface area contributed by atoms with Crippen molar-refractivity contribution in [3.63, 3.8) is 0 Å². The highest BCUT2D eigenvalue weighted by atomic mass is 32.1. The van der Waals surface area contributed by atoms with Gasteiger partial charge in [-0.25, -0.2) is 4.98 Å². The van der Waals surface area contributed by atoms with Crippen molar-refractivity contribution in [1.82, 2.24) is 9.88 Å². The lowest BCUT2D eigenvalue weighted by Crippen LogP contribution is -2.21. The number of hydrogen-bond acceptors (Lipinski definition) is 4. The van der Waals surface area contributed by atoms with E-state index in [2.05, 4.69) is 10.3 Å². The summed E-state index contributed by atoms with van der Waals surface area (Å²) in [6.07, 6.45) is 7.97. The second-order valence-electron chi connectivity index (χ2n) is 6.08. The van der Waals surface area contributed by atoms with Crippen molar-refractivity contribution in [3.05, 3.63) is 16.1 Å². The molecule has 1 N–H and O–H groups in total. The van der Waals surface area contributed by atoms with E-state index in [-0.39, 0.29) is 0 Å². The van der Waals surface area contributed by atoms with Crippen LogP contribution in [-0.4, -0.2) is 34.7 Å². The Kier molecular flexibility index (Phi) is 4.51. The number of rotatable bonds is 4. The molecule has 1 atom stereocenters. The molecule has 106 valence electrons. The van der Waals surface area contributed by atoms with Crippen LogP contribution in [0, 0.1) is 5.92 Å². The van der Waals surface area contributed by atoms with E-state index >= 15 is 0 Å². The lowest BCUT2D eigenvalue weighted by atomic mass is 9.90. The Morgan fingerprint density at radius 1 is 1.26 bits per heavy atom. The molecule has 0 spiro atoms.